The largest absolute Gasteiger partial charge is 0.345 e. The maximum atomic E-state index is 12.4. The van der Waals surface area contributed by atoms with Gasteiger partial charge in [-0.15, -0.1) is 0 Å². The van der Waals surface area contributed by atoms with Gasteiger partial charge in [-0.1, -0.05) is 12.1 Å². The summed E-state index contributed by atoms with van der Waals surface area (Å²) in [4.78, 5) is 22.9. The van der Waals surface area contributed by atoms with Gasteiger partial charge in [0.15, 0.2) is 0 Å². The Morgan fingerprint density at radius 3 is 3.00 bits per heavy atom. The molecule has 0 saturated heterocycles. The van der Waals surface area contributed by atoms with Crippen LogP contribution in [0.4, 0.5) is 5.69 Å². The number of nitrogens with zero attached hydrogens (tertiary/aromatic N) is 3. The van der Waals surface area contributed by atoms with Crippen LogP contribution in [0.2, 0.25) is 0 Å². The van der Waals surface area contributed by atoms with E-state index < -0.39 is 10.8 Å². The molecule has 0 radical (unpaired) electrons. The van der Waals surface area contributed by atoms with Crippen LogP contribution in [-0.4, -0.2) is 20.6 Å². The van der Waals surface area contributed by atoms with E-state index in [0.29, 0.717) is 0 Å². The number of para-hydroxylation sites is 1. The fourth-order valence-corrected chi connectivity index (χ4v) is 2.92. The summed E-state index contributed by atoms with van der Waals surface area (Å²) in [7, 11) is 1.88. The van der Waals surface area contributed by atoms with E-state index in [1.165, 1.54) is 12.1 Å². The van der Waals surface area contributed by atoms with Crippen molar-refractivity contribution < 1.29 is 9.72 Å². The van der Waals surface area contributed by atoms with Crippen LogP contribution in [0.25, 0.3) is 0 Å². The van der Waals surface area contributed by atoms with E-state index >= 15 is 0 Å². The Hall–Kier alpha value is -2.70. The molecule has 0 fully saturated rings. The number of nitro benzene ring substituents is 1. The Labute approximate surface area is 127 Å². The number of fused-ring (bicyclic) bond motifs is 1. The van der Waals surface area contributed by atoms with E-state index in [1.807, 2.05) is 11.7 Å². The van der Waals surface area contributed by atoms with E-state index in [0.717, 1.165) is 30.5 Å². The zero-order valence-electron chi connectivity index (χ0n) is 12.2. The van der Waals surface area contributed by atoms with E-state index in [2.05, 4.69) is 10.4 Å². The minimum Gasteiger partial charge on any atom is -0.345 e. The molecule has 3 rings (SSSR count). The topological polar surface area (TPSA) is 90.1 Å². The molecule has 0 spiro atoms. The van der Waals surface area contributed by atoms with E-state index in [-0.39, 0.29) is 17.3 Å². The van der Waals surface area contributed by atoms with Crippen LogP contribution in [0.3, 0.4) is 0 Å². The lowest BCUT2D eigenvalue weighted by atomic mass is 9.92. The molecule has 2 aromatic rings. The number of carbonyl (C=O) groups is 1. The molecular weight excluding hydrogens is 284 g/mol. The molecule has 7 heteroatoms. The van der Waals surface area contributed by atoms with Crippen molar-refractivity contribution in [2.45, 2.75) is 25.3 Å². The van der Waals surface area contributed by atoms with Gasteiger partial charge in [0.05, 0.1) is 17.2 Å². The minimum absolute atomic E-state index is 0.0866. The van der Waals surface area contributed by atoms with Gasteiger partial charge >= 0.3 is 0 Å². The van der Waals surface area contributed by atoms with Crippen molar-refractivity contribution in [3.8, 4) is 0 Å². The molecule has 7 nitrogen and oxygen atoms in total. The van der Waals surface area contributed by atoms with Gasteiger partial charge in [0.1, 0.15) is 5.56 Å². The second kappa shape index (κ2) is 5.59. The second-order valence-corrected chi connectivity index (χ2v) is 5.36. The number of nitro groups is 1. The fourth-order valence-electron chi connectivity index (χ4n) is 2.92. The monoisotopic (exact) mass is 300 g/mol. The van der Waals surface area contributed by atoms with Gasteiger partial charge in [0.2, 0.25) is 0 Å². The molecule has 1 N–H and O–H groups in total. The Bertz CT molecular complexity index is 738. The van der Waals surface area contributed by atoms with Gasteiger partial charge in [-0.25, -0.2) is 0 Å². The van der Waals surface area contributed by atoms with Gasteiger partial charge in [-0.2, -0.15) is 5.10 Å². The van der Waals surface area contributed by atoms with Crippen LogP contribution in [0, 0.1) is 10.1 Å². The zero-order valence-corrected chi connectivity index (χ0v) is 12.2. The smallest absolute Gasteiger partial charge is 0.282 e. The highest BCUT2D eigenvalue weighted by molar-refractivity contribution is 5.98. The zero-order chi connectivity index (χ0) is 15.7. The van der Waals surface area contributed by atoms with Crippen molar-refractivity contribution in [3.63, 3.8) is 0 Å². The molecule has 114 valence electrons. The van der Waals surface area contributed by atoms with Crippen LogP contribution < -0.4 is 5.32 Å². The highest BCUT2D eigenvalue weighted by Gasteiger charge is 2.27. The molecule has 1 aromatic heterocycles. The van der Waals surface area contributed by atoms with Gasteiger partial charge in [-0.05, 0) is 25.3 Å². The fraction of sp³-hybridized carbons (Fsp3) is 0.333. The van der Waals surface area contributed by atoms with Gasteiger partial charge in [0, 0.05) is 24.4 Å². The summed E-state index contributed by atoms with van der Waals surface area (Å²) in [5, 5.41) is 18.2. The maximum absolute atomic E-state index is 12.4. The maximum Gasteiger partial charge on any atom is 0.282 e. The van der Waals surface area contributed by atoms with E-state index in [1.54, 1.807) is 18.3 Å². The quantitative estimate of drug-likeness (QED) is 0.694. The van der Waals surface area contributed by atoms with Crippen molar-refractivity contribution in [3.05, 3.63) is 57.4 Å². The number of amides is 1. The molecular formula is C15H16N4O3. The minimum atomic E-state index is -0.536. The number of aryl methyl sites for hydroxylation is 1. The molecule has 0 saturated carbocycles. The Morgan fingerprint density at radius 1 is 1.45 bits per heavy atom. The number of carbonyl (C=O) groups excluding carboxylic acids is 1. The first kappa shape index (κ1) is 14.2. The van der Waals surface area contributed by atoms with E-state index in [9.17, 15) is 14.9 Å². The highest BCUT2D eigenvalue weighted by Crippen LogP contribution is 2.30. The van der Waals surface area contributed by atoms with Crippen LogP contribution in [0.1, 0.15) is 40.5 Å². The summed E-state index contributed by atoms with van der Waals surface area (Å²) in [6.45, 7) is 0. The lowest BCUT2D eigenvalue weighted by Crippen LogP contribution is -2.31. The van der Waals surface area contributed by atoms with Gasteiger partial charge in [0.25, 0.3) is 11.6 Å². The normalized spacial score (nSPS) is 16.9. The van der Waals surface area contributed by atoms with Crippen LogP contribution in [0.5, 0.6) is 0 Å². The lowest BCUT2D eigenvalue weighted by Gasteiger charge is -2.23. The predicted molar refractivity (Wildman–Crippen MR) is 79.4 cm³/mol. The molecule has 1 aromatic carbocycles. The van der Waals surface area contributed by atoms with E-state index in [4.69, 9.17) is 0 Å². The molecule has 0 bridgehead atoms. The molecule has 22 heavy (non-hydrogen) atoms. The van der Waals surface area contributed by atoms with Gasteiger partial charge < -0.3 is 5.32 Å². The lowest BCUT2D eigenvalue weighted by molar-refractivity contribution is -0.385. The first-order valence-corrected chi connectivity index (χ1v) is 7.13. The average molecular weight is 300 g/mol. The summed E-state index contributed by atoms with van der Waals surface area (Å²) in [5.74, 6) is -0.422. The Morgan fingerprint density at radius 2 is 2.23 bits per heavy atom. The summed E-state index contributed by atoms with van der Waals surface area (Å²) in [6, 6.07) is 5.84. The van der Waals surface area contributed by atoms with Gasteiger partial charge in [-0.3, -0.25) is 19.6 Å². The first-order chi connectivity index (χ1) is 10.6. The van der Waals surface area contributed by atoms with Crippen molar-refractivity contribution in [2.24, 2.45) is 7.05 Å². The van der Waals surface area contributed by atoms with Crippen LogP contribution >= 0.6 is 0 Å². The molecule has 1 heterocycles. The Balaban J connectivity index is 1.86. The standard InChI is InChI=1S/C15H16N4O3/c1-18-13-8-4-6-12(11(13)9-16-18)17-15(20)10-5-2-3-7-14(10)19(21)22/h2-3,5,7,9,12H,4,6,8H2,1H3,(H,17,20)/t12-/m0/s1. The number of benzene rings is 1. The highest BCUT2D eigenvalue weighted by atomic mass is 16.6. The molecule has 1 amide bonds. The van der Waals surface area contributed by atoms with Crippen molar-refractivity contribution in [2.75, 3.05) is 0 Å². The number of rotatable bonds is 3. The average Bonchev–Trinajstić information content (AvgIpc) is 2.90. The summed E-state index contributed by atoms with van der Waals surface area (Å²) < 4.78 is 1.82. The second-order valence-electron chi connectivity index (χ2n) is 5.36. The molecule has 1 aliphatic carbocycles. The summed E-state index contributed by atoms with van der Waals surface area (Å²) >= 11 is 0. The first-order valence-electron chi connectivity index (χ1n) is 7.13. The number of nitrogens with one attached hydrogen (secondary N) is 1. The number of hydrogen-bond acceptors (Lipinski definition) is 4. The van der Waals surface area contributed by atoms with Crippen molar-refractivity contribution in [1.29, 1.82) is 0 Å². The summed E-state index contributed by atoms with van der Waals surface area (Å²) in [6.07, 6.45) is 4.46. The molecule has 0 unspecified atom stereocenters. The predicted octanol–water partition coefficient (Wildman–Crippen LogP) is 2.14. The molecule has 1 aliphatic rings. The van der Waals surface area contributed by atoms with Crippen molar-refractivity contribution >= 4 is 11.6 Å². The van der Waals surface area contributed by atoms with Crippen LogP contribution in [0.15, 0.2) is 30.5 Å². The third kappa shape index (κ3) is 2.45. The van der Waals surface area contributed by atoms with Crippen LogP contribution in [-0.2, 0) is 13.5 Å². The third-order valence-electron chi connectivity index (χ3n) is 4.03. The Kier molecular flexibility index (Phi) is 3.62. The number of hydrogen-bond donors (Lipinski definition) is 1. The summed E-state index contributed by atoms with van der Waals surface area (Å²) in [5.41, 5.74) is 2.02. The SMILES string of the molecule is Cn1ncc2c1CCC[C@@H]2NC(=O)c1ccccc1[N+](=O)[O-]. The third-order valence-corrected chi connectivity index (χ3v) is 4.03. The molecule has 0 aliphatic heterocycles. The van der Waals surface area contributed by atoms with Crippen molar-refractivity contribution in [1.82, 2.24) is 15.1 Å². The number of aromatic nitrogens is 2. The molecule has 1 atom stereocenters.